The first-order valence-electron chi connectivity index (χ1n) is 29.1. The standard InChI is InChI=1S/C16H18N6O2S.C16H17N5O2S.C12H19N3O.C11H15N5.C6H5BrO2S.CH5N3/c1-9(2)22-10(3)18-8-12(22)11-6-7-17-16(19-11)20-14-5-4-13(25-14)15(23)21-24;1-9(2)21-10(3)18-8-12(21)11-6-7-17-16(19-11)20-14-5-4-13(24-14)15(22)23;1-9(2)15-10(3)13-8-11(15)12(16)6-7-14(4)5;1-7(2)16-8(3)14-6-10(16)9-4-5-13-11(12)15-9;1-9-6(8)4-2-3-5(7)10-4;2-1(3)4/h4-9,24H,1-3H3,(H,21,23)(H,17,19,20);4-9H,1-3H3,(H,22,23)(H,17,19,20);6-9H,1-5H3;4-7H,1-3H3,(H2,12,13,15);2-3H,1H3;(H5,2,3,4)/b;;7-6+;;;. The number of amides is 1. The molecule has 29 nitrogen and oxygen atoms in total. The minimum atomic E-state index is -0.945. The molecular weight excluding hydrogens is 1340 g/mol. The second kappa shape index (κ2) is 35.8. The molecule has 10 aromatic rings. The first kappa shape index (κ1) is 75.6. The Morgan fingerprint density at radius 3 is 1.37 bits per heavy atom. The summed E-state index contributed by atoms with van der Waals surface area (Å²) in [5.74, 6) is 2.70. The molecule has 1 amide bonds. The number of aryl methyl sites for hydroxylation is 4. The van der Waals surface area contributed by atoms with Gasteiger partial charge in [0.15, 0.2) is 5.96 Å². The average molecular weight is 1420 g/mol. The summed E-state index contributed by atoms with van der Waals surface area (Å²) >= 11 is 6.94. The second-order valence-corrected chi connectivity index (χ2v) is 26.1. The lowest BCUT2D eigenvalue weighted by Gasteiger charge is -2.14. The SMILES string of the molecule is COC(=O)c1ccc(Br)s1.Cc1ncc(-c2ccnc(N)n2)n1C(C)C.Cc1ncc(-c2ccnc(Nc3ccc(C(=O)NO)s3)n2)n1C(C)C.Cc1ncc(-c2ccnc(Nc3ccc(C(=O)O)s3)n2)n1C(C)C.Cc1ncc(C(=O)/C=C/N(C)C)n1C(C)C.N=C(N)N. The Kier molecular flexibility index (Phi) is 28.5. The number of aromatic nitrogens is 14. The van der Waals surface area contributed by atoms with E-state index in [0.29, 0.717) is 43.4 Å². The quantitative estimate of drug-likeness (QED) is 0.00777. The van der Waals surface area contributed by atoms with Gasteiger partial charge in [0, 0.05) is 69.1 Å². The van der Waals surface area contributed by atoms with Crippen molar-refractivity contribution < 1.29 is 34.2 Å². The number of hydrogen-bond donors (Lipinski definition) is 9. The Bertz CT molecular complexity index is 4210. The summed E-state index contributed by atoms with van der Waals surface area (Å²) < 4.78 is 13.7. The number of allylic oxidation sites excluding steroid dienone is 1. The maximum absolute atomic E-state index is 11.9. The number of nitrogens with two attached hydrogens (primary N) is 3. The number of halogens is 1. The molecule has 95 heavy (non-hydrogen) atoms. The number of esters is 1. The number of carbonyl (C=O) groups excluding carboxylic acids is 3. The summed E-state index contributed by atoms with van der Waals surface area (Å²) in [5, 5.41) is 31.2. The molecule has 504 valence electrons. The van der Waals surface area contributed by atoms with Gasteiger partial charge in [-0.25, -0.2) is 64.9 Å². The van der Waals surface area contributed by atoms with Crippen molar-refractivity contribution in [3.8, 4) is 34.2 Å². The van der Waals surface area contributed by atoms with E-state index >= 15 is 0 Å². The van der Waals surface area contributed by atoms with Crippen molar-refractivity contribution in [2.75, 3.05) is 37.6 Å². The molecule has 10 rings (SSSR count). The molecule has 10 aromatic heterocycles. The molecule has 12 N–H and O–H groups in total. The smallest absolute Gasteiger partial charge is 0.348 e. The number of nitrogen functional groups attached to an aromatic ring is 1. The fraction of sp³-hybridized carbons (Fsp3) is 0.306. The molecule has 0 unspecified atom stereocenters. The fourth-order valence-electron chi connectivity index (χ4n) is 8.96. The van der Waals surface area contributed by atoms with Gasteiger partial charge in [-0.3, -0.25) is 20.2 Å². The number of thiophene rings is 3. The van der Waals surface area contributed by atoms with Crippen LogP contribution in [0.4, 0.5) is 27.8 Å². The zero-order valence-corrected chi connectivity index (χ0v) is 59.2. The van der Waals surface area contributed by atoms with E-state index in [1.807, 2.05) is 95.6 Å². The fourth-order valence-corrected chi connectivity index (χ4v) is 11.8. The van der Waals surface area contributed by atoms with Crippen LogP contribution in [0.1, 0.15) is 142 Å². The third-order valence-corrected chi connectivity index (χ3v) is 16.3. The number of carbonyl (C=O) groups is 4. The molecular formula is C62H79BrN22O7S3. The van der Waals surface area contributed by atoms with E-state index in [9.17, 15) is 19.2 Å². The zero-order valence-electron chi connectivity index (χ0n) is 55.2. The van der Waals surface area contributed by atoms with E-state index in [1.54, 1.807) is 85.3 Å². The molecule has 0 saturated heterocycles. The Hall–Kier alpha value is -10.1. The summed E-state index contributed by atoms with van der Waals surface area (Å²) in [5.41, 5.74) is 21.9. The Morgan fingerprint density at radius 1 is 0.589 bits per heavy atom. The van der Waals surface area contributed by atoms with Crippen LogP contribution in [-0.2, 0) is 4.74 Å². The second-order valence-electron chi connectivity index (χ2n) is 21.5. The lowest BCUT2D eigenvalue weighted by molar-refractivity contribution is 0.0604. The molecule has 0 radical (unpaired) electrons. The van der Waals surface area contributed by atoms with Crippen molar-refractivity contribution in [3.05, 3.63) is 158 Å². The minimum absolute atomic E-state index is 0.0111. The number of guanidine groups is 1. The number of rotatable bonds is 17. The number of carboxylic acid groups (broad SMARTS) is 1. The first-order valence-corrected chi connectivity index (χ1v) is 32.3. The lowest BCUT2D eigenvalue weighted by Crippen LogP contribution is -2.20. The average Bonchev–Trinajstić information content (AvgIpc) is 1.73. The number of hydroxylamine groups is 1. The number of ketones is 1. The summed E-state index contributed by atoms with van der Waals surface area (Å²) in [6.45, 7) is 24.5. The third kappa shape index (κ3) is 22.0. The molecule has 0 atom stereocenters. The molecule has 0 spiro atoms. The van der Waals surface area contributed by atoms with Crippen LogP contribution in [0.2, 0.25) is 0 Å². The first-order chi connectivity index (χ1) is 44.9. The van der Waals surface area contributed by atoms with Gasteiger partial charge < -0.3 is 60.8 Å². The molecule has 10 heterocycles. The van der Waals surface area contributed by atoms with Crippen LogP contribution >= 0.6 is 49.9 Å². The number of anilines is 5. The van der Waals surface area contributed by atoms with Gasteiger partial charge in [-0.2, -0.15) is 0 Å². The van der Waals surface area contributed by atoms with Crippen LogP contribution in [0.25, 0.3) is 34.2 Å². The summed E-state index contributed by atoms with van der Waals surface area (Å²) in [4.78, 5) is 91.0. The highest BCUT2D eigenvalue weighted by Crippen LogP contribution is 2.30. The lowest BCUT2D eigenvalue weighted by atomic mass is 10.2. The highest BCUT2D eigenvalue weighted by molar-refractivity contribution is 9.11. The largest absolute Gasteiger partial charge is 0.477 e. The van der Waals surface area contributed by atoms with Crippen molar-refractivity contribution in [2.24, 2.45) is 11.5 Å². The van der Waals surface area contributed by atoms with Crippen LogP contribution in [0.3, 0.4) is 0 Å². The number of hydrogen-bond acceptors (Lipinski definition) is 24. The van der Waals surface area contributed by atoms with Crippen LogP contribution in [0, 0.1) is 33.1 Å². The van der Waals surface area contributed by atoms with Gasteiger partial charge in [-0.1, -0.05) is 0 Å². The van der Waals surface area contributed by atoms with E-state index in [2.05, 4.69) is 148 Å². The molecule has 0 aliphatic carbocycles. The number of carboxylic acids is 1. The molecule has 33 heteroatoms. The normalized spacial score (nSPS) is 10.7. The number of nitrogens with one attached hydrogen (secondary N) is 4. The Labute approximate surface area is 570 Å². The van der Waals surface area contributed by atoms with E-state index in [4.69, 9.17) is 21.5 Å². The number of nitrogens with zero attached hydrogens (tertiary/aromatic N) is 15. The van der Waals surface area contributed by atoms with Gasteiger partial charge in [0.2, 0.25) is 23.6 Å². The van der Waals surface area contributed by atoms with Crippen molar-refractivity contribution >= 4 is 107 Å². The number of aromatic carboxylic acids is 1. The van der Waals surface area contributed by atoms with Crippen LogP contribution in [0.15, 0.2) is 114 Å². The van der Waals surface area contributed by atoms with Crippen molar-refractivity contribution in [3.63, 3.8) is 0 Å². The molecule has 0 fully saturated rings. The van der Waals surface area contributed by atoms with Gasteiger partial charge in [-0.05, 0) is 154 Å². The molecule has 0 aliphatic heterocycles. The van der Waals surface area contributed by atoms with Crippen molar-refractivity contribution in [2.45, 2.75) is 107 Å². The van der Waals surface area contributed by atoms with E-state index in [0.717, 1.165) is 72.6 Å². The maximum atomic E-state index is 11.9. The summed E-state index contributed by atoms with van der Waals surface area (Å²) in [6.07, 6.45) is 15.4. The summed E-state index contributed by atoms with van der Waals surface area (Å²) in [6, 6.07) is 16.8. The predicted octanol–water partition coefficient (Wildman–Crippen LogP) is 11.9. The molecule has 0 aromatic carbocycles. The van der Waals surface area contributed by atoms with E-state index < -0.39 is 11.9 Å². The van der Waals surface area contributed by atoms with Gasteiger partial charge in [0.1, 0.15) is 38.7 Å². The minimum Gasteiger partial charge on any atom is -0.477 e. The monoisotopic (exact) mass is 1420 g/mol. The van der Waals surface area contributed by atoms with Gasteiger partial charge in [0.25, 0.3) is 5.91 Å². The highest BCUT2D eigenvalue weighted by Gasteiger charge is 2.19. The number of imidazole rings is 4. The van der Waals surface area contributed by atoms with Crippen molar-refractivity contribution in [1.82, 2.24) is 78.5 Å². The number of methoxy groups -OCH3 is 1. The zero-order chi connectivity index (χ0) is 70.4. The van der Waals surface area contributed by atoms with Crippen LogP contribution < -0.4 is 33.3 Å². The third-order valence-electron chi connectivity index (χ3n) is 12.7. The van der Waals surface area contributed by atoms with Crippen molar-refractivity contribution in [1.29, 1.82) is 5.41 Å². The Balaban J connectivity index is 0.000000218. The number of ether oxygens (including phenoxy) is 1. The van der Waals surface area contributed by atoms with E-state index in [1.165, 1.54) is 29.8 Å². The van der Waals surface area contributed by atoms with Gasteiger partial charge in [-0.15, -0.1) is 34.0 Å². The van der Waals surface area contributed by atoms with E-state index in [-0.39, 0.29) is 46.7 Å². The molecule has 0 saturated carbocycles. The summed E-state index contributed by atoms with van der Waals surface area (Å²) in [7, 11) is 5.14. The van der Waals surface area contributed by atoms with Crippen LogP contribution in [-0.4, -0.2) is 134 Å². The molecule has 0 aliphatic rings. The molecule has 0 bridgehead atoms. The predicted molar refractivity (Wildman–Crippen MR) is 375 cm³/mol. The highest BCUT2D eigenvalue weighted by atomic mass is 79.9. The van der Waals surface area contributed by atoms with Gasteiger partial charge >= 0.3 is 11.9 Å². The van der Waals surface area contributed by atoms with Gasteiger partial charge in [0.05, 0.1) is 84.7 Å². The Morgan fingerprint density at radius 2 is 0.989 bits per heavy atom. The maximum Gasteiger partial charge on any atom is 0.348 e. The topological polar surface area (TPSA) is 408 Å². The van der Waals surface area contributed by atoms with Crippen LogP contribution in [0.5, 0.6) is 0 Å².